The molecular formula is C8H16NO6+. The van der Waals surface area contributed by atoms with Crippen molar-refractivity contribution in [2.45, 2.75) is 30.7 Å². The molecule has 15 heavy (non-hydrogen) atoms. The van der Waals surface area contributed by atoms with Crippen LogP contribution in [0.4, 0.5) is 0 Å². The van der Waals surface area contributed by atoms with Crippen LogP contribution in [0, 0.1) is 5.92 Å². The maximum Gasteiger partial charge on any atom is 0.306 e. The first-order valence-electron chi connectivity index (χ1n) is 4.68. The van der Waals surface area contributed by atoms with Gasteiger partial charge in [-0.3, -0.25) is 4.79 Å². The van der Waals surface area contributed by atoms with Gasteiger partial charge in [0.25, 0.3) is 0 Å². The summed E-state index contributed by atoms with van der Waals surface area (Å²) < 4.78 is 0. The van der Waals surface area contributed by atoms with E-state index in [9.17, 15) is 20.1 Å². The van der Waals surface area contributed by atoms with Gasteiger partial charge in [-0.2, -0.15) is 0 Å². The standard InChI is InChI=1S/C8H15NO6/c10-5-1-4(7(12)13)2-8(14,3-9-15)6(5)11/h4-6,9-11,14-15H,1-3H2,(H,12,13)/p+1/t4-,5+,6-,8-/m0/s1. The highest BCUT2D eigenvalue weighted by Gasteiger charge is 2.50. The second-order valence-corrected chi connectivity index (χ2v) is 3.98. The van der Waals surface area contributed by atoms with Gasteiger partial charge in [0.1, 0.15) is 18.2 Å². The Morgan fingerprint density at radius 1 is 1.47 bits per heavy atom. The highest BCUT2D eigenvalue weighted by molar-refractivity contribution is 5.70. The van der Waals surface area contributed by atoms with Crippen molar-refractivity contribution in [1.29, 1.82) is 0 Å². The Morgan fingerprint density at radius 2 is 2.07 bits per heavy atom. The van der Waals surface area contributed by atoms with Crippen molar-refractivity contribution >= 4 is 5.97 Å². The third kappa shape index (κ3) is 2.44. The molecule has 0 spiro atoms. The second-order valence-electron chi connectivity index (χ2n) is 3.98. The van der Waals surface area contributed by atoms with E-state index in [0.717, 1.165) is 0 Å². The number of nitrogens with two attached hydrogens (primary N) is 1. The lowest BCUT2D eigenvalue weighted by molar-refractivity contribution is -0.893. The van der Waals surface area contributed by atoms with Gasteiger partial charge in [0.15, 0.2) is 0 Å². The molecule has 7 nitrogen and oxygen atoms in total. The Hall–Kier alpha value is -0.730. The summed E-state index contributed by atoms with van der Waals surface area (Å²) in [5, 5.41) is 46.1. The van der Waals surface area contributed by atoms with Crippen LogP contribution in [0.1, 0.15) is 12.8 Å². The SMILES string of the molecule is O=C(O)[C@H]1C[C@@H](O)[C@H](O)[C@@](O)(C[NH2+]O)C1. The summed E-state index contributed by atoms with van der Waals surface area (Å²) in [5.74, 6) is -2.04. The van der Waals surface area contributed by atoms with Crippen LogP contribution in [0.15, 0.2) is 0 Å². The van der Waals surface area contributed by atoms with Crippen LogP contribution in [-0.2, 0) is 4.79 Å². The molecule has 0 aromatic rings. The number of aliphatic carboxylic acids is 1. The molecule has 7 N–H and O–H groups in total. The molecule has 0 aromatic heterocycles. The van der Waals surface area contributed by atoms with Gasteiger partial charge in [-0.05, 0) is 12.8 Å². The number of aliphatic hydroxyl groups is 3. The van der Waals surface area contributed by atoms with Gasteiger partial charge in [-0.25, -0.2) is 10.7 Å². The van der Waals surface area contributed by atoms with E-state index < -0.39 is 29.7 Å². The monoisotopic (exact) mass is 222 g/mol. The van der Waals surface area contributed by atoms with Crippen LogP contribution in [-0.4, -0.2) is 56.0 Å². The number of hydroxylamine groups is 1. The van der Waals surface area contributed by atoms with Crippen molar-refractivity contribution in [3.8, 4) is 0 Å². The fraction of sp³-hybridized carbons (Fsp3) is 0.875. The molecule has 0 saturated heterocycles. The van der Waals surface area contributed by atoms with Crippen molar-refractivity contribution in [3.63, 3.8) is 0 Å². The lowest BCUT2D eigenvalue weighted by atomic mass is 9.74. The van der Waals surface area contributed by atoms with E-state index in [4.69, 9.17) is 10.3 Å². The first-order chi connectivity index (χ1) is 6.90. The minimum absolute atomic E-state index is 0.0930. The second kappa shape index (κ2) is 4.42. The number of quaternary nitrogens is 1. The molecule has 1 rings (SSSR count). The molecule has 0 bridgehead atoms. The zero-order chi connectivity index (χ0) is 11.6. The molecule has 0 amide bonds. The fourth-order valence-electron chi connectivity index (χ4n) is 1.96. The van der Waals surface area contributed by atoms with Crippen molar-refractivity contribution in [2.75, 3.05) is 6.54 Å². The van der Waals surface area contributed by atoms with Crippen molar-refractivity contribution in [2.24, 2.45) is 5.92 Å². The Labute approximate surface area is 85.9 Å². The molecule has 0 unspecified atom stereocenters. The predicted octanol–water partition coefficient (Wildman–Crippen LogP) is -3.11. The quantitative estimate of drug-likeness (QED) is 0.280. The number of rotatable bonds is 3. The molecule has 1 fully saturated rings. The van der Waals surface area contributed by atoms with Gasteiger partial charge >= 0.3 is 5.97 Å². The zero-order valence-electron chi connectivity index (χ0n) is 8.08. The van der Waals surface area contributed by atoms with Gasteiger partial charge in [-0.15, -0.1) is 0 Å². The highest BCUT2D eigenvalue weighted by Crippen LogP contribution is 2.32. The molecule has 0 heterocycles. The van der Waals surface area contributed by atoms with E-state index in [-0.39, 0.29) is 19.4 Å². The van der Waals surface area contributed by atoms with Crippen LogP contribution in [0.3, 0.4) is 0 Å². The van der Waals surface area contributed by atoms with E-state index in [2.05, 4.69) is 0 Å². The van der Waals surface area contributed by atoms with Gasteiger partial charge in [0, 0.05) is 0 Å². The lowest BCUT2D eigenvalue weighted by Crippen LogP contribution is -2.87. The van der Waals surface area contributed by atoms with Gasteiger partial charge in [0.05, 0.1) is 12.0 Å². The summed E-state index contributed by atoms with van der Waals surface area (Å²) in [4.78, 5) is 10.7. The minimum Gasteiger partial charge on any atom is -0.481 e. The van der Waals surface area contributed by atoms with Crippen LogP contribution in [0.2, 0.25) is 0 Å². The van der Waals surface area contributed by atoms with E-state index in [1.165, 1.54) is 0 Å². The number of hydrogen-bond donors (Lipinski definition) is 6. The molecule has 1 aliphatic carbocycles. The summed E-state index contributed by atoms with van der Waals surface area (Å²) >= 11 is 0. The largest absolute Gasteiger partial charge is 0.481 e. The average molecular weight is 222 g/mol. The van der Waals surface area contributed by atoms with E-state index in [1.807, 2.05) is 0 Å². The topological polar surface area (TPSA) is 135 Å². The van der Waals surface area contributed by atoms with E-state index in [1.54, 1.807) is 0 Å². The third-order valence-corrected chi connectivity index (χ3v) is 2.83. The summed E-state index contributed by atoms with van der Waals surface area (Å²) in [5.41, 5.74) is -1.12. The minimum atomic E-state index is -1.77. The van der Waals surface area contributed by atoms with E-state index >= 15 is 0 Å². The van der Waals surface area contributed by atoms with Crippen molar-refractivity contribution in [3.05, 3.63) is 0 Å². The zero-order valence-corrected chi connectivity index (χ0v) is 8.08. The van der Waals surface area contributed by atoms with Gasteiger partial charge < -0.3 is 20.4 Å². The Balaban J connectivity index is 2.80. The van der Waals surface area contributed by atoms with Crippen molar-refractivity contribution in [1.82, 2.24) is 0 Å². The van der Waals surface area contributed by atoms with Gasteiger partial charge in [0.2, 0.25) is 0 Å². The molecule has 4 atom stereocenters. The Bertz CT molecular complexity index is 247. The summed E-state index contributed by atoms with van der Waals surface area (Å²) in [6.45, 7) is -0.269. The van der Waals surface area contributed by atoms with Crippen LogP contribution in [0.5, 0.6) is 0 Å². The van der Waals surface area contributed by atoms with E-state index in [0.29, 0.717) is 5.48 Å². The first-order valence-corrected chi connectivity index (χ1v) is 4.68. The molecule has 7 heteroatoms. The fourth-order valence-corrected chi connectivity index (χ4v) is 1.96. The maximum absolute atomic E-state index is 10.7. The molecule has 0 aromatic carbocycles. The summed E-state index contributed by atoms with van der Waals surface area (Å²) in [6.07, 6.45) is -3.00. The molecule has 0 radical (unpaired) electrons. The molecule has 0 aliphatic heterocycles. The van der Waals surface area contributed by atoms with Crippen LogP contribution >= 0.6 is 0 Å². The number of carboxylic acid groups (broad SMARTS) is 1. The molecule has 88 valence electrons. The number of aliphatic hydroxyl groups excluding tert-OH is 2. The lowest BCUT2D eigenvalue weighted by Gasteiger charge is -2.40. The average Bonchev–Trinajstić information content (AvgIpc) is 2.14. The normalized spacial score (nSPS) is 41.5. The first kappa shape index (κ1) is 12.3. The summed E-state index contributed by atoms with van der Waals surface area (Å²) in [7, 11) is 0. The number of carbonyl (C=O) groups is 1. The Kier molecular flexibility index (Phi) is 3.63. The molecule has 1 saturated carbocycles. The molecule has 1 aliphatic rings. The van der Waals surface area contributed by atoms with Crippen LogP contribution in [0.25, 0.3) is 0 Å². The number of carboxylic acids is 1. The van der Waals surface area contributed by atoms with Gasteiger partial charge in [-0.1, -0.05) is 0 Å². The Morgan fingerprint density at radius 3 is 2.53 bits per heavy atom. The molecular weight excluding hydrogens is 206 g/mol. The highest BCUT2D eigenvalue weighted by atomic mass is 16.5. The number of hydrogen-bond acceptors (Lipinski definition) is 5. The summed E-state index contributed by atoms with van der Waals surface area (Å²) in [6, 6.07) is 0. The smallest absolute Gasteiger partial charge is 0.306 e. The van der Waals surface area contributed by atoms with Crippen molar-refractivity contribution < 1.29 is 35.9 Å². The third-order valence-electron chi connectivity index (χ3n) is 2.83. The maximum atomic E-state index is 10.7. The van der Waals surface area contributed by atoms with Crippen LogP contribution < -0.4 is 5.48 Å². The predicted molar refractivity (Wildman–Crippen MR) is 45.9 cm³/mol.